The standard InChI is InChI=1S/C16H14N6O/c1-22(16-13-6-8-18-15(13)19-10-20-16)12-4-2-3-11(9-12)21-14(23)5-7-17/h2-4,6,8-10H,5H2,1H3,(H,21,23)(H,18,19,20). The van der Waals surface area contributed by atoms with E-state index in [4.69, 9.17) is 5.26 Å². The number of aromatic amines is 1. The average molecular weight is 306 g/mol. The second-order valence-electron chi connectivity index (χ2n) is 4.93. The van der Waals surface area contributed by atoms with Crippen molar-refractivity contribution in [3.8, 4) is 6.07 Å². The number of benzene rings is 1. The van der Waals surface area contributed by atoms with E-state index in [2.05, 4.69) is 20.3 Å². The lowest BCUT2D eigenvalue weighted by Gasteiger charge is -2.19. The number of nitrogens with zero attached hydrogens (tertiary/aromatic N) is 4. The Morgan fingerprint density at radius 2 is 2.26 bits per heavy atom. The zero-order valence-corrected chi connectivity index (χ0v) is 12.4. The fraction of sp³-hybridized carbons (Fsp3) is 0.125. The largest absolute Gasteiger partial charge is 0.346 e. The number of amides is 1. The third kappa shape index (κ3) is 2.96. The minimum atomic E-state index is -0.331. The van der Waals surface area contributed by atoms with Gasteiger partial charge in [-0.15, -0.1) is 0 Å². The maximum Gasteiger partial charge on any atom is 0.238 e. The van der Waals surface area contributed by atoms with Crippen LogP contribution in [0.2, 0.25) is 0 Å². The summed E-state index contributed by atoms with van der Waals surface area (Å²) in [6.45, 7) is 0. The molecule has 23 heavy (non-hydrogen) atoms. The Hall–Kier alpha value is -3.40. The van der Waals surface area contributed by atoms with Gasteiger partial charge in [0.25, 0.3) is 0 Å². The molecule has 0 aliphatic heterocycles. The molecule has 3 rings (SSSR count). The van der Waals surface area contributed by atoms with Crippen LogP contribution >= 0.6 is 0 Å². The van der Waals surface area contributed by atoms with E-state index in [0.29, 0.717) is 5.69 Å². The monoisotopic (exact) mass is 306 g/mol. The molecule has 2 heterocycles. The van der Waals surface area contributed by atoms with Crippen LogP contribution in [0.15, 0.2) is 42.9 Å². The van der Waals surface area contributed by atoms with Crippen molar-refractivity contribution in [2.24, 2.45) is 0 Å². The molecular formula is C16H14N6O. The number of nitrogens with one attached hydrogen (secondary N) is 2. The SMILES string of the molecule is CN(c1cccc(NC(=O)CC#N)c1)c1ncnc2[nH]ccc12. The summed E-state index contributed by atoms with van der Waals surface area (Å²) < 4.78 is 0. The Bertz CT molecular complexity index is 895. The predicted octanol–water partition coefficient (Wildman–Crippen LogP) is 2.58. The fourth-order valence-electron chi connectivity index (χ4n) is 2.32. The van der Waals surface area contributed by atoms with Crippen LogP contribution in [-0.4, -0.2) is 27.9 Å². The Morgan fingerprint density at radius 1 is 1.39 bits per heavy atom. The van der Waals surface area contributed by atoms with E-state index >= 15 is 0 Å². The molecule has 3 aromatic rings. The van der Waals surface area contributed by atoms with Crippen molar-refractivity contribution in [2.75, 3.05) is 17.3 Å². The lowest BCUT2D eigenvalue weighted by atomic mass is 10.2. The second kappa shape index (κ2) is 6.15. The topological polar surface area (TPSA) is 97.7 Å². The lowest BCUT2D eigenvalue weighted by molar-refractivity contribution is -0.115. The quantitative estimate of drug-likeness (QED) is 0.772. The van der Waals surface area contributed by atoms with E-state index < -0.39 is 0 Å². The molecule has 7 nitrogen and oxygen atoms in total. The van der Waals surface area contributed by atoms with Crippen molar-refractivity contribution < 1.29 is 4.79 Å². The van der Waals surface area contributed by atoms with Crippen LogP contribution < -0.4 is 10.2 Å². The number of carbonyl (C=O) groups excluding carboxylic acids is 1. The molecule has 0 radical (unpaired) electrons. The van der Waals surface area contributed by atoms with E-state index in [9.17, 15) is 4.79 Å². The molecule has 2 N–H and O–H groups in total. The Labute approximate surface area is 132 Å². The third-order valence-corrected chi connectivity index (χ3v) is 3.41. The molecule has 7 heteroatoms. The normalized spacial score (nSPS) is 10.3. The summed E-state index contributed by atoms with van der Waals surface area (Å²) >= 11 is 0. The highest BCUT2D eigenvalue weighted by atomic mass is 16.1. The minimum absolute atomic E-state index is 0.171. The Morgan fingerprint density at radius 3 is 3.09 bits per heavy atom. The van der Waals surface area contributed by atoms with Crippen LogP contribution in [-0.2, 0) is 4.79 Å². The first kappa shape index (κ1) is 14.5. The zero-order chi connectivity index (χ0) is 16.2. The van der Waals surface area contributed by atoms with Crippen molar-refractivity contribution in [1.29, 1.82) is 5.26 Å². The van der Waals surface area contributed by atoms with E-state index in [1.54, 1.807) is 6.07 Å². The molecule has 0 aliphatic carbocycles. The number of carbonyl (C=O) groups is 1. The highest BCUT2D eigenvalue weighted by Crippen LogP contribution is 2.29. The minimum Gasteiger partial charge on any atom is -0.346 e. The zero-order valence-electron chi connectivity index (χ0n) is 12.4. The smallest absolute Gasteiger partial charge is 0.238 e. The highest BCUT2D eigenvalue weighted by Gasteiger charge is 2.12. The van der Waals surface area contributed by atoms with Crippen molar-refractivity contribution in [1.82, 2.24) is 15.0 Å². The summed E-state index contributed by atoms with van der Waals surface area (Å²) in [6, 6.07) is 11.1. The summed E-state index contributed by atoms with van der Waals surface area (Å²) in [7, 11) is 1.89. The molecule has 0 spiro atoms. The fourth-order valence-corrected chi connectivity index (χ4v) is 2.32. The van der Waals surface area contributed by atoms with Gasteiger partial charge >= 0.3 is 0 Å². The molecule has 1 aromatic carbocycles. The van der Waals surface area contributed by atoms with E-state index in [-0.39, 0.29) is 12.3 Å². The molecule has 2 aromatic heterocycles. The second-order valence-corrected chi connectivity index (χ2v) is 4.93. The molecule has 0 bridgehead atoms. The molecule has 114 valence electrons. The van der Waals surface area contributed by atoms with Gasteiger partial charge < -0.3 is 15.2 Å². The van der Waals surface area contributed by atoms with Gasteiger partial charge in [-0.05, 0) is 24.3 Å². The van der Waals surface area contributed by atoms with Gasteiger partial charge in [0, 0.05) is 24.6 Å². The van der Waals surface area contributed by atoms with Crippen LogP contribution in [0.4, 0.5) is 17.2 Å². The molecule has 0 fully saturated rings. The van der Waals surface area contributed by atoms with Gasteiger partial charge in [0.15, 0.2) is 0 Å². The van der Waals surface area contributed by atoms with Gasteiger partial charge in [-0.2, -0.15) is 5.26 Å². The molecule has 1 amide bonds. The predicted molar refractivity (Wildman–Crippen MR) is 87.3 cm³/mol. The maximum absolute atomic E-state index is 11.5. The molecule has 0 saturated carbocycles. The van der Waals surface area contributed by atoms with Crippen molar-refractivity contribution >= 4 is 34.1 Å². The Balaban J connectivity index is 1.91. The summed E-state index contributed by atoms with van der Waals surface area (Å²) in [5.41, 5.74) is 2.26. The van der Waals surface area contributed by atoms with Crippen molar-refractivity contribution in [2.45, 2.75) is 6.42 Å². The molecule has 0 aliphatic rings. The van der Waals surface area contributed by atoms with Gasteiger partial charge in [0.1, 0.15) is 24.2 Å². The molecule has 0 saturated heterocycles. The number of nitriles is 1. The third-order valence-electron chi connectivity index (χ3n) is 3.41. The van der Waals surface area contributed by atoms with Crippen LogP contribution in [0.3, 0.4) is 0 Å². The summed E-state index contributed by atoms with van der Waals surface area (Å²) in [6.07, 6.45) is 3.15. The van der Waals surface area contributed by atoms with Gasteiger partial charge in [-0.25, -0.2) is 9.97 Å². The van der Waals surface area contributed by atoms with E-state index in [0.717, 1.165) is 22.5 Å². The number of rotatable bonds is 4. The summed E-state index contributed by atoms with van der Waals surface area (Å²) in [4.78, 5) is 25.0. The molecule has 0 unspecified atom stereocenters. The average Bonchev–Trinajstić information content (AvgIpc) is 3.03. The van der Waals surface area contributed by atoms with Crippen LogP contribution in [0, 0.1) is 11.3 Å². The van der Waals surface area contributed by atoms with E-state index in [1.165, 1.54) is 6.33 Å². The first-order chi connectivity index (χ1) is 11.2. The van der Waals surface area contributed by atoms with Gasteiger partial charge in [-0.1, -0.05) is 6.07 Å². The van der Waals surface area contributed by atoms with Gasteiger partial charge in [0.05, 0.1) is 11.5 Å². The van der Waals surface area contributed by atoms with Crippen LogP contribution in [0.1, 0.15) is 6.42 Å². The highest BCUT2D eigenvalue weighted by molar-refractivity contribution is 5.93. The van der Waals surface area contributed by atoms with E-state index in [1.807, 2.05) is 48.5 Å². The lowest BCUT2D eigenvalue weighted by Crippen LogP contribution is -2.13. The number of anilines is 3. The number of hydrogen-bond acceptors (Lipinski definition) is 5. The summed E-state index contributed by atoms with van der Waals surface area (Å²) in [5.74, 6) is 0.430. The van der Waals surface area contributed by atoms with Gasteiger partial charge in [0.2, 0.25) is 5.91 Å². The first-order valence-electron chi connectivity index (χ1n) is 6.97. The molecule has 0 atom stereocenters. The van der Waals surface area contributed by atoms with Gasteiger partial charge in [-0.3, -0.25) is 4.79 Å². The first-order valence-corrected chi connectivity index (χ1v) is 6.97. The molecular weight excluding hydrogens is 292 g/mol. The Kier molecular flexibility index (Phi) is 3.89. The number of hydrogen-bond donors (Lipinski definition) is 2. The van der Waals surface area contributed by atoms with Crippen LogP contribution in [0.5, 0.6) is 0 Å². The van der Waals surface area contributed by atoms with Crippen molar-refractivity contribution in [3.05, 3.63) is 42.9 Å². The number of H-pyrrole nitrogens is 1. The maximum atomic E-state index is 11.5. The van der Waals surface area contributed by atoms with Crippen molar-refractivity contribution in [3.63, 3.8) is 0 Å². The summed E-state index contributed by atoms with van der Waals surface area (Å²) in [5, 5.41) is 12.2. The number of fused-ring (bicyclic) bond motifs is 1. The van der Waals surface area contributed by atoms with Crippen LogP contribution in [0.25, 0.3) is 11.0 Å². The number of aromatic nitrogens is 3.